The Hall–Kier alpha value is -0.290. The summed E-state index contributed by atoms with van der Waals surface area (Å²) in [6.07, 6.45) is -4.11. The van der Waals surface area contributed by atoms with Crippen LogP contribution in [0.15, 0.2) is 0 Å². The van der Waals surface area contributed by atoms with Gasteiger partial charge in [-0.3, -0.25) is 4.90 Å². The molecule has 92 valence electrons. The molecule has 0 aromatic heterocycles. The van der Waals surface area contributed by atoms with Crippen molar-refractivity contribution in [3.8, 4) is 0 Å². The van der Waals surface area contributed by atoms with E-state index in [1.165, 1.54) is 4.90 Å². The average molecular weight is 226 g/mol. The van der Waals surface area contributed by atoms with Gasteiger partial charge in [0.25, 0.3) is 0 Å². The van der Waals surface area contributed by atoms with Crippen LogP contribution >= 0.6 is 0 Å². The SMILES string of the molecule is CCN(CC(NC)C(C)C)CC(F)(F)F. The summed E-state index contributed by atoms with van der Waals surface area (Å²) in [4.78, 5) is 1.42. The summed E-state index contributed by atoms with van der Waals surface area (Å²) in [5.74, 6) is 0.331. The van der Waals surface area contributed by atoms with E-state index in [0.717, 1.165) is 0 Å². The standard InChI is InChI=1S/C10H21F3N2/c1-5-15(7-10(11,12)13)6-9(14-4)8(2)3/h8-9,14H,5-7H2,1-4H3. The Morgan fingerprint density at radius 3 is 2.07 bits per heavy atom. The van der Waals surface area contributed by atoms with Crippen LogP contribution in [0.1, 0.15) is 20.8 Å². The van der Waals surface area contributed by atoms with Crippen LogP contribution in [0.4, 0.5) is 13.2 Å². The molecule has 0 spiro atoms. The largest absolute Gasteiger partial charge is 0.401 e. The van der Waals surface area contributed by atoms with E-state index >= 15 is 0 Å². The number of hydrogen-bond donors (Lipinski definition) is 1. The zero-order valence-electron chi connectivity index (χ0n) is 9.86. The summed E-state index contributed by atoms with van der Waals surface area (Å²) < 4.78 is 36.6. The molecule has 0 bridgehead atoms. The van der Waals surface area contributed by atoms with Crippen molar-refractivity contribution >= 4 is 0 Å². The summed E-state index contributed by atoms with van der Waals surface area (Å²) in [5, 5.41) is 3.04. The molecule has 0 radical (unpaired) electrons. The van der Waals surface area contributed by atoms with Crippen molar-refractivity contribution < 1.29 is 13.2 Å². The Kier molecular flexibility index (Phi) is 6.20. The number of alkyl halides is 3. The fraction of sp³-hybridized carbons (Fsp3) is 1.00. The van der Waals surface area contributed by atoms with Crippen molar-refractivity contribution in [3.63, 3.8) is 0 Å². The molecule has 0 aromatic carbocycles. The molecule has 0 heterocycles. The number of rotatable bonds is 6. The first-order valence-electron chi connectivity index (χ1n) is 5.26. The number of halogens is 3. The van der Waals surface area contributed by atoms with Crippen LogP contribution in [-0.2, 0) is 0 Å². The minimum Gasteiger partial charge on any atom is -0.315 e. The molecule has 0 aliphatic heterocycles. The quantitative estimate of drug-likeness (QED) is 0.746. The number of hydrogen-bond acceptors (Lipinski definition) is 2. The molecule has 2 nitrogen and oxygen atoms in total. The van der Waals surface area contributed by atoms with Gasteiger partial charge in [0, 0.05) is 12.6 Å². The molecule has 5 heteroatoms. The van der Waals surface area contributed by atoms with E-state index in [0.29, 0.717) is 19.0 Å². The first kappa shape index (κ1) is 14.7. The molecule has 0 saturated heterocycles. The number of nitrogens with one attached hydrogen (secondary N) is 1. The normalized spacial score (nSPS) is 15.0. The molecule has 1 N–H and O–H groups in total. The van der Waals surface area contributed by atoms with Crippen LogP contribution in [0.5, 0.6) is 0 Å². The first-order chi connectivity index (χ1) is 6.80. The smallest absolute Gasteiger partial charge is 0.315 e. The van der Waals surface area contributed by atoms with E-state index in [9.17, 15) is 13.2 Å². The molecule has 0 aromatic rings. The molecule has 1 unspecified atom stereocenters. The molecule has 0 aliphatic rings. The van der Waals surface area contributed by atoms with E-state index in [2.05, 4.69) is 5.32 Å². The molecular formula is C10H21F3N2. The van der Waals surface area contributed by atoms with E-state index in [4.69, 9.17) is 0 Å². The van der Waals surface area contributed by atoms with Crippen molar-refractivity contribution in [2.24, 2.45) is 5.92 Å². The van der Waals surface area contributed by atoms with Crippen molar-refractivity contribution in [1.82, 2.24) is 10.2 Å². The predicted octanol–water partition coefficient (Wildman–Crippen LogP) is 2.11. The minimum absolute atomic E-state index is 0.104. The fourth-order valence-electron chi connectivity index (χ4n) is 1.47. The second-order valence-corrected chi connectivity index (χ2v) is 4.08. The van der Waals surface area contributed by atoms with Gasteiger partial charge in [0.05, 0.1) is 6.54 Å². The van der Waals surface area contributed by atoms with Crippen molar-refractivity contribution in [2.75, 3.05) is 26.7 Å². The highest BCUT2D eigenvalue weighted by Gasteiger charge is 2.31. The third kappa shape index (κ3) is 6.73. The Balaban J connectivity index is 4.19. The van der Waals surface area contributed by atoms with Crippen LogP contribution < -0.4 is 5.32 Å². The Morgan fingerprint density at radius 1 is 1.27 bits per heavy atom. The predicted molar refractivity (Wildman–Crippen MR) is 55.9 cm³/mol. The Bertz CT molecular complexity index is 169. The maximum atomic E-state index is 12.2. The molecular weight excluding hydrogens is 205 g/mol. The molecule has 0 amide bonds. The monoisotopic (exact) mass is 226 g/mol. The molecule has 0 rings (SSSR count). The first-order valence-corrected chi connectivity index (χ1v) is 5.26. The maximum absolute atomic E-state index is 12.2. The van der Waals surface area contributed by atoms with E-state index in [1.807, 2.05) is 13.8 Å². The Morgan fingerprint density at radius 2 is 1.80 bits per heavy atom. The zero-order chi connectivity index (χ0) is 12.1. The van der Waals surface area contributed by atoms with E-state index < -0.39 is 12.7 Å². The van der Waals surface area contributed by atoms with Gasteiger partial charge in [-0.1, -0.05) is 20.8 Å². The van der Waals surface area contributed by atoms with Gasteiger partial charge in [0.2, 0.25) is 0 Å². The van der Waals surface area contributed by atoms with Gasteiger partial charge in [-0.15, -0.1) is 0 Å². The van der Waals surface area contributed by atoms with Crippen LogP contribution in [-0.4, -0.2) is 43.8 Å². The van der Waals surface area contributed by atoms with Gasteiger partial charge in [0.15, 0.2) is 0 Å². The van der Waals surface area contributed by atoms with Gasteiger partial charge < -0.3 is 5.32 Å². The highest BCUT2D eigenvalue weighted by Crippen LogP contribution is 2.17. The summed E-state index contributed by atoms with van der Waals surface area (Å²) in [6, 6.07) is 0.104. The van der Waals surface area contributed by atoms with Gasteiger partial charge in [0.1, 0.15) is 0 Å². The van der Waals surface area contributed by atoms with Crippen molar-refractivity contribution in [2.45, 2.75) is 33.0 Å². The second-order valence-electron chi connectivity index (χ2n) is 4.08. The second kappa shape index (κ2) is 6.33. The summed E-state index contributed by atoms with van der Waals surface area (Å²) in [7, 11) is 1.78. The van der Waals surface area contributed by atoms with E-state index in [-0.39, 0.29) is 6.04 Å². The van der Waals surface area contributed by atoms with Crippen LogP contribution in [0.25, 0.3) is 0 Å². The highest BCUT2D eigenvalue weighted by molar-refractivity contribution is 4.74. The molecule has 15 heavy (non-hydrogen) atoms. The summed E-state index contributed by atoms with van der Waals surface area (Å²) in [6.45, 7) is 5.78. The third-order valence-electron chi connectivity index (χ3n) is 2.48. The van der Waals surface area contributed by atoms with Gasteiger partial charge in [-0.25, -0.2) is 0 Å². The van der Waals surface area contributed by atoms with Gasteiger partial charge in [-0.05, 0) is 19.5 Å². The third-order valence-corrected chi connectivity index (χ3v) is 2.48. The lowest BCUT2D eigenvalue weighted by Crippen LogP contribution is -2.45. The zero-order valence-corrected chi connectivity index (χ0v) is 9.86. The lowest BCUT2D eigenvalue weighted by molar-refractivity contribution is -0.146. The maximum Gasteiger partial charge on any atom is 0.401 e. The summed E-state index contributed by atoms with van der Waals surface area (Å²) >= 11 is 0. The minimum atomic E-state index is -4.11. The fourth-order valence-corrected chi connectivity index (χ4v) is 1.47. The number of nitrogens with zero attached hydrogens (tertiary/aromatic N) is 1. The molecule has 0 fully saturated rings. The lowest BCUT2D eigenvalue weighted by atomic mass is 10.0. The van der Waals surface area contributed by atoms with Crippen LogP contribution in [0, 0.1) is 5.92 Å². The molecule has 0 saturated carbocycles. The number of likely N-dealkylation sites (N-methyl/N-ethyl adjacent to an activating group) is 2. The lowest BCUT2D eigenvalue weighted by Gasteiger charge is -2.29. The van der Waals surface area contributed by atoms with Crippen LogP contribution in [0.3, 0.4) is 0 Å². The summed E-state index contributed by atoms with van der Waals surface area (Å²) in [5.41, 5.74) is 0. The molecule has 0 aliphatic carbocycles. The Labute approximate surface area is 89.8 Å². The van der Waals surface area contributed by atoms with Crippen molar-refractivity contribution in [3.05, 3.63) is 0 Å². The van der Waals surface area contributed by atoms with Gasteiger partial charge >= 0.3 is 6.18 Å². The van der Waals surface area contributed by atoms with Gasteiger partial charge in [-0.2, -0.15) is 13.2 Å². The van der Waals surface area contributed by atoms with Crippen LogP contribution in [0.2, 0.25) is 0 Å². The average Bonchev–Trinajstić information content (AvgIpc) is 2.09. The van der Waals surface area contributed by atoms with Crippen molar-refractivity contribution in [1.29, 1.82) is 0 Å². The topological polar surface area (TPSA) is 15.3 Å². The molecule has 1 atom stereocenters. The highest BCUT2D eigenvalue weighted by atomic mass is 19.4. The van der Waals surface area contributed by atoms with E-state index in [1.54, 1.807) is 14.0 Å².